The molecule has 0 radical (unpaired) electrons. The second-order valence-corrected chi connectivity index (χ2v) is 16.0. The van der Waals surface area contributed by atoms with Crippen LogP contribution in [0.25, 0.3) is 0 Å². The number of carbonyl (C=O) groups is 1. The number of ketones is 1. The molecule has 9 nitrogen and oxygen atoms in total. The predicted octanol–water partition coefficient (Wildman–Crippen LogP) is 1.71. The van der Waals surface area contributed by atoms with Gasteiger partial charge in [-0.25, -0.2) is 0 Å². The first kappa shape index (κ1) is 30.0. The van der Waals surface area contributed by atoms with Crippen LogP contribution in [-0.2, 0) is 14.3 Å². The average Bonchev–Trinajstić information content (AvgIpc) is 3.33. The van der Waals surface area contributed by atoms with Gasteiger partial charge in [-0.3, -0.25) is 9.69 Å². The zero-order chi connectivity index (χ0) is 29.7. The second kappa shape index (κ2) is 10.7. The quantitative estimate of drug-likeness (QED) is 0.310. The van der Waals surface area contributed by atoms with Gasteiger partial charge in [-0.1, -0.05) is 13.8 Å². The highest BCUT2D eigenvalue weighted by molar-refractivity contribution is 5.83. The summed E-state index contributed by atoms with van der Waals surface area (Å²) in [6.45, 7) is 8.49. The molecule has 9 heteroatoms. The number of Topliss-reactive ketones (excluding diaryl/α,β-unsaturated/α-hetero) is 1. The molecule has 7 rings (SSSR count). The van der Waals surface area contributed by atoms with E-state index in [1.165, 1.54) is 6.42 Å². The van der Waals surface area contributed by atoms with E-state index in [1.807, 2.05) is 0 Å². The minimum absolute atomic E-state index is 0.0958. The molecule has 0 spiro atoms. The maximum atomic E-state index is 13.9. The number of rotatable bonds is 3. The van der Waals surface area contributed by atoms with Crippen LogP contribution in [0, 0.1) is 52.8 Å². The topological polar surface area (TPSA) is 140 Å². The second-order valence-electron chi connectivity index (χ2n) is 16.0. The Labute approximate surface area is 249 Å². The van der Waals surface area contributed by atoms with Gasteiger partial charge in [0.05, 0.1) is 18.3 Å². The SMILES string of the molecule is CC1CC[C@@H]2N(C1)CC1C(CC[C@H]3[C@@H]4CC(=O)[C@H]5CC(O[C@@H]6O[C@H](CO)[C@@H](O)[C@H](O)[C@H]6O)CC[C@]5(C)[C@H]4C[C@@H]13)[C@]2(C)O. The molecule has 0 aromatic carbocycles. The molecule has 3 heterocycles. The summed E-state index contributed by atoms with van der Waals surface area (Å²) >= 11 is 0. The summed E-state index contributed by atoms with van der Waals surface area (Å²) in [7, 11) is 0. The summed E-state index contributed by atoms with van der Waals surface area (Å²) in [5.74, 6) is 3.79. The molecule has 238 valence electrons. The van der Waals surface area contributed by atoms with Crippen molar-refractivity contribution in [2.45, 2.75) is 127 Å². The number of fused-ring (bicyclic) bond motifs is 8. The molecule has 4 saturated carbocycles. The minimum Gasteiger partial charge on any atom is -0.394 e. The van der Waals surface area contributed by atoms with Gasteiger partial charge in [0.25, 0.3) is 0 Å². The van der Waals surface area contributed by atoms with Crippen LogP contribution in [0.2, 0.25) is 0 Å². The fourth-order valence-electron chi connectivity index (χ4n) is 11.8. The van der Waals surface area contributed by atoms with E-state index in [0.717, 1.165) is 51.6 Å². The zero-order valence-electron chi connectivity index (χ0n) is 25.6. The van der Waals surface area contributed by atoms with Crippen molar-refractivity contribution in [3.05, 3.63) is 0 Å². The van der Waals surface area contributed by atoms with Gasteiger partial charge in [0, 0.05) is 31.5 Å². The number of aliphatic hydroxyl groups excluding tert-OH is 4. The van der Waals surface area contributed by atoms with Crippen molar-refractivity contribution >= 4 is 5.78 Å². The first-order chi connectivity index (χ1) is 19.9. The molecule has 42 heavy (non-hydrogen) atoms. The van der Waals surface area contributed by atoms with Crippen LogP contribution >= 0.6 is 0 Å². The lowest BCUT2D eigenvalue weighted by molar-refractivity contribution is -0.315. The van der Waals surface area contributed by atoms with E-state index in [-0.39, 0.29) is 23.5 Å². The highest BCUT2D eigenvalue weighted by atomic mass is 16.7. The Kier molecular flexibility index (Phi) is 7.66. The van der Waals surface area contributed by atoms with E-state index in [0.29, 0.717) is 60.1 Å². The van der Waals surface area contributed by atoms with Gasteiger partial charge >= 0.3 is 0 Å². The summed E-state index contributed by atoms with van der Waals surface area (Å²) in [4.78, 5) is 16.5. The van der Waals surface area contributed by atoms with E-state index in [2.05, 4.69) is 25.7 Å². The number of hydrogen-bond donors (Lipinski definition) is 5. The Morgan fingerprint density at radius 3 is 2.45 bits per heavy atom. The number of carbonyl (C=O) groups excluding carboxylic acids is 1. The Hall–Kier alpha value is -0.650. The fraction of sp³-hybridized carbons (Fsp3) is 0.970. The highest BCUT2D eigenvalue weighted by Crippen LogP contribution is 2.66. The third kappa shape index (κ3) is 4.50. The molecule has 7 fully saturated rings. The van der Waals surface area contributed by atoms with Crippen LogP contribution < -0.4 is 0 Å². The lowest BCUT2D eigenvalue weighted by Gasteiger charge is -2.59. The Balaban J connectivity index is 1.07. The first-order valence-corrected chi connectivity index (χ1v) is 16.9. The maximum Gasteiger partial charge on any atom is 0.186 e. The molecule has 17 atom stereocenters. The van der Waals surface area contributed by atoms with Crippen LogP contribution in [0.3, 0.4) is 0 Å². The van der Waals surface area contributed by atoms with Crippen LogP contribution in [0.1, 0.15) is 78.6 Å². The fourth-order valence-corrected chi connectivity index (χ4v) is 11.8. The summed E-state index contributed by atoms with van der Waals surface area (Å²) in [6, 6.07) is 0.276. The molecule has 4 aliphatic carbocycles. The lowest BCUT2D eigenvalue weighted by Crippen LogP contribution is -2.67. The number of piperidine rings is 2. The van der Waals surface area contributed by atoms with Gasteiger partial charge < -0.3 is 35.0 Å². The number of nitrogens with zero attached hydrogens (tertiary/aromatic N) is 1. The van der Waals surface area contributed by atoms with Crippen LogP contribution in [-0.4, -0.2) is 104 Å². The van der Waals surface area contributed by atoms with E-state index >= 15 is 0 Å². The van der Waals surface area contributed by atoms with Crippen molar-refractivity contribution in [2.24, 2.45) is 52.8 Å². The molecule has 3 saturated heterocycles. The smallest absolute Gasteiger partial charge is 0.186 e. The van der Waals surface area contributed by atoms with Crippen molar-refractivity contribution in [3.63, 3.8) is 0 Å². The van der Waals surface area contributed by atoms with Crippen LogP contribution in [0.5, 0.6) is 0 Å². The van der Waals surface area contributed by atoms with Crippen LogP contribution in [0.4, 0.5) is 0 Å². The van der Waals surface area contributed by atoms with E-state index in [1.54, 1.807) is 0 Å². The summed E-state index contributed by atoms with van der Waals surface area (Å²) in [5.41, 5.74) is -0.745. The molecule has 5 N–H and O–H groups in total. The van der Waals surface area contributed by atoms with Crippen molar-refractivity contribution in [2.75, 3.05) is 19.7 Å². The average molecular weight is 592 g/mol. The van der Waals surface area contributed by atoms with Gasteiger partial charge in [0.15, 0.2) is 6.29 Å². The molecular weight excluding hydrogens is 538 g/mol. The number of hydrogen-bond acceptors (Lipinski definition) is 9. The van der Waals surface area contributed by atoms with Crippen molar-refractivity contribution in [1.29, 1.82) is 0 Å². The summed E-state index contributed by atoms with van der Waals surface area (Å²) in [6.07, 6.45) is 1.67. The van der Waals surface area contributed by atoms with Gasteiger partial charge in [0.2, 0.25) is 0 Å². The molecule has 0 aromatic heterocycles. The van der Waals surface area contributed by atoms with Gasteiger partial charge in [-0.05, 0) is 105 Å². The maximum absolute atomic E-state index is 13.9. The van der Waals surface area contributed by atoms with Crippen molar-refractivity contribution in [1.82, 2.24) is 4.90 Å². The summed E-state index contributed by atoms with van der Waals surface area (Å²) in [5, 5.41) is 52.4. The minimum atomic E-state index is -1.47. The Morgan fingerprint density at radius 1 is 0.905 bits per heavy atom. The Bertz CT molecular complexity index is 1040. The van der Waals surface area contributed by atoms with E-state index in [9.17, 15) is 30.3 Å². The third-order valence-electron chi connectivity index (χ3n) is 14.0. The van der Waals surface area contributed by atoms with Crippen LogP contribution in [0.15, 0.2) is 0 Å². The summed E-state index contributed by atoms with van der Waals surface area (Å²) < 4.78 is 11.8. The third-order valence-corrected chi connectivity index (χ3v) is 14.0. The standard InChI is InChI=1S/C33H53NO8/c1-16-4-7-27-33(3,40)22-6-5-18-19(21(22)14-34(27)13-16)11-23-20(18)12-25(36)24-10-17(8-9-32(23,24)2)41-31-30(39)29(38)28(37)26(15-35)42-31/h16-24,26-31,35,37-40H,4-15H2,1-3H3/t16?,17?,18-,19-,20+,21?,22?,23+,24-,26-,27+,28-,29+,30-,31-,32-,33+/m1/s1. The first-order valence-electron chi connectivity index (χ1n) is 16.9. The predicted molar refractivity (Wildman–Crippen MR) is 153 cm³/mol. The molecular formula is C33H53NO8. The largest absolute Gasteiger partial charge is 0.394 e. The molecule has 4 unspecified atom stereocenters. The van der Waals surface area contributed by atoms with E-state index < -0.39 is 42.9 Å². The molecule has 0 bridgehead atoms. The zero-order valence-corrected chi connectivity index (χ0v) is 25.6. The normalized spacial score (nSPS) is 57.9. The Morgan fingerprint density at radius 2 is 1.69 bits per heavy atom. The number of ether oxygens (including phenoxy) is 2. The highest BCUT2D eigenvalue weighted by Gasteiger charge is 2.64. The van der Waals surface area contributed by atoms with Gasteiger partial charge in [-0.15, -0.1) is 0 Å². The lowest BCUT2D eigenvalue weighted by atomic mass is 9.51. The molecule has 3 aliphatic heterocycles. The van der Waals surface area contributed by atoms with Gasteiger partial charge in [0.1, 0.15) is 30.2 Å². The van der Waals surface area contributed by atoms with Crippen molar-refractivity contribution in [3.8, 4) is 0 Å². The van der Waals surface area contributed by atoms with Gasteiger partial charge in [-0.2, -0.15) is 0 Å². The monoisotopic (exact) mass is 591 g/mol. The number of aliphatic hydroxyl groups is 5. The van der Waals surface area contributed by atoms with E-state index in [4.69, 9.17) is 9.47 Å². The van der Waals surface area contributed by atoms with Crippen molar-refractivity contribution < 1.29 is 39.8 Å². The molecule has 0 amide bonds. The molecule has 7 aliphatic rings. The molecule has 0 aromatic rings.